The van der Waals surface area contributed by atoms with Crippen LogP contribution in [0.4, 0.5) is 4.39 Å². The molecule has 1 amide bonds. The first-order valence-electron chi connectivity index (χ1n) is 7.31. The van der Waals surface area contributed by atoms with Gasteiger partial charge < -0.3 is 14.8 Å². The summed E-state index contributed by atoms with van der Waals surface area (Å²) in [5.74, 6) is 0.811. The number of fused-ring (bicyclic) bond motifs is 1. The second-order valence-electron chi connectivity index (χ2n) is 5.24. The number of benzene rings is 2. The third-order valence-electron chi connectivity index (χ3n) is 3.48. The van der Waals surface area contributed by atoms with Gasteiger partial charge in [0.25, 0.3) is 0 Å². The number of hydrogen-bond donors (Lipinski definition) is 1. The van der Waals surface area contributed by atoms with Crippen molar-refractivity contribution < 1.29 is 18.7 Å². The van der Waals surface area contributed by atoms with Crippen LogP contribution in [-0.4, -0.2) is 18.0 Å². The summed E-state index contributed by atoms with van der Waals surface area (Å²) in [5, 5.41) is 2.59. The van der Waals surface area contributed by atoms with Crippen molar-refractivity contribution in [3.63, 3.8) is 0 Å². The van der Waals surface area contributed by atoms with Gasteiger partial charge in [0.1, 0.15) is 5.82 Å². The van der Waals surface area contributed by atoms with Gasteiger partial charge in [0.15, 0.2) is 11.5 Å². The maximum absolute atomic E-state index is 13.2. The van der Waals surface area contributed by atoms with Crippen molar-refractivity contribution in [2.24, 2.45) is 0 Å². The van der Waals surface area contributed by atoms with Crippen LogP contribution in [0.1, 0.15) is 12.5 Å². The SMILES string of the molecule is C[C@H](Sc1ccc(F)c(Cl)c1)C(=O)NCc1ccc2c(c1)OCO2. The number of rotatable bonds is 5. The molecule has 1 atom stereocenters. The van der Waals surface area contributed by atoms with Crippen LogP contribution in [0.3, 0.4) is 0 Å². The lowest BCUT2D eigenvalue weighted by molar-refractivity contribution is -0.120. The Labute approximate surface area is 148 Å². The van der Waals surface area contributed by atoms with Gasteiger partial charge in [0.05, 0.1) is 10.3 Å². The van der Waals surface area contributed by atoms with Crippen LogP contribution in [-0.2, 0) is 11.3 Å². The van der Waals surface area contributed by atoms with Crippen molar-refractivity contribution in [3.05, 3.63) is 52.8 Å². The zero-order valence-electron chi connectivity index (χ0n) is 12.8. The fourth-order valence-electron chi connectivity index (χ4n) is 2.19. The molecular weight excluding hydrogens is 353 g/mol. The number of nitrogens with one attached hydrogen (secondary N) is 1. The molecule has 0 bridgehead atoms. The molecular formula is C17H15ClFNO3S. The van der Waals surface area contributed by atoms with E-state index in [-0.39, 0.29) is 23.0 Å². The Kier molecular flexibility index (Phi) is 5.16. The zero-order chi connectivity index (χ0) is 17.1. The summed E-state index contributed by atoms with van der Waals surface area (Å²) in [6.45, 7) is 2.40. The van der Waals surface area contributed by atoms with Gasteiger partial charge in [0.2, 0.25) is 12.7 Å². The molecule has 7 heteroatoms. The molecule has 2 aromatic carbocycles. The number of thioether (sulfide) groups is 1. The lowest BCUT2D eigenvalue weighted by Crippen LogP contribution is -2.30. The Bertz CT molecular complexity index is 771. The van der Waals surface area contributed by atoms with Gasteiger partial charge in [-0.25, -0.2) is 4.39 Å². The molecule has 4 nitrogen and oxygen atoms in total. The first kappa shape index (κ1) is 16.9. The molecule has 2 aromatic rings. The van der Waals surface area contributed by atoms with E-state index in [2.05, 4.69) is 5.32 Å². The lowest BCUT2D eigenvalue weighted by atomic mass is 10.2. The van der Waals surface area contributed by atoms with E-state index in [1.54, 1.807) is 13.0 Å². The molecule has 0 unspecified atom stereocenters. The van der Waals surface area contributed by atoms with Gasteiger partial charge in [0, 0.05) is 11.4 Å². The van der Waals surface area contributed by atoms with Crippen molar-refractivity contribution in [2.45, 2.75) is 23.6 Å². The topological polar surface area (TPSA) is 47.6 Å². The van der Waals surface area contributed by atoms with E-state index in [0.29, 0.717) is 18.0 Å². The predicted molar refractivity (Wildman–Crippen MR) is 91.1 cm³/mol. The highest BCUT2D eigenvalue weighted by molar-refractivity contribution is 8.00. The molecule has 0 aromatic heterocycles. The number of carbonyl (C=O) groups is 1. The maximum Gasteiger partial charge on any atom is 0.233 e. The average molecular weight is 368 g/mol. The van der Waals surface area contributed by atoms with Crippen molar-refractivity contribution in [1.29, 1.82) is 0 Å². The van der Waals surface area contributed by atoms with Gasteiger partial charge in [-0.2, -0.15) is 0 Å². The highest BCUT2D eigenvalue weighted by Crippen LogP contribution is 2.32. The van der Waals surface area contributed by atoms with Gasteiger partial charge in [-0.15, -0.1) is 11.8 Å². The number of amides is 1. The molecule has 0 fully saturated rings. The van der Waals surface area contributed by atoms with Crippen molar-refractivity contribution >= 4 is 29.3 Å². The van der Waals surface area contributed by atoms with Gasteiger partial charge in [-0.3, -0.25) is 4.79 Å². The largest absolute Gasteiger partial charge is 0.454 e. The van der Waals surface area contributed by atoms with Crippen LogP contribution in [0, 0.1) is 5.82 Å². The minimum atomic E-state index is -0.471. The molecule has 3 rings (SSSR count). The van der Waals surface area contributed by atoms with Gasteiger partial charge in [-0.1, -0.05) is 17.7 Å². The minimum Gasteiger partial charge on any atom is -0.454 e. The monoisotopic (exact) mass is 367 g/mol. The summed E-state index contributed by atoms with van der Waals surface area (Å²) < 4.78 is 23.7. The van der Waals surface area contributed by atoms with E-state index in [1.165, 1.54) is 23.9 Å². The lowest BCUT2D eigenvalue weighted by Gasteiger charge is -2.12. The molecule has 1 aliphatic rings. The minimum absolute atomic E-state index is 0.0490. The van der Waals surface area contributed by atoms with E-state index in [0.717, 1.165) is 10.5 Å². The molecule has 1 N–H and O–H groups in total. The molecule has 1 heterocycles. The molecule has 24 heavy (non-hydrogen) atoms. The summed E-state index contributed by atoms with van der Waals surface area (Å²) in [6, 6.07) is 9.96. The van der Waals surface area contributed by atoms with Crippen molar-refractivity contribution in [2.75, 3.05) is 6.79 Å². The number of hydrogen-bond acceptors (Lipinski definition) is 4. The van der Waals surface area contributed by atoms with Crippen molar-refractivity contribution in [3.8, 4) is 11.5 Å². The summed E-state index contributed by atoms with van der Waals surface area (Å²) in [6.07, 6.45) is 0. The zero-order valence-corrected chi connectivity index (χ0v) is 14.4. The van der Waals surface area contributed by atoms with Crippen LogP contribution in [0.2, 0.25) is 5.02 Å². The maximum atomic E-state index is 13.2. The van der Waals surface area contributed by atoms with Crippen LogP contribution < -0.4 is 14.8 Å². The van der Waals surface area contributed by atoms with Gasteiger partial charge >= 0.3 is 0 Å². The third-order valence-corrected chi connectivity index (χ3v) is 4.86. The second-order valence-corrected chi connectivity index (χ2v) is 7.06. The first-order valence-corrected chi connectivity index (χ1v) is 8.56. The highest BCUT2D eigenvalue weighted by Gasteiger charge is 2.16. The van der Waals surface area contributed by atoms with E-state index < -0.39 is 5.82 Å². The van der Waals surface area contributed by atoms with Gasteiger partial charge in [-0.05, 0) is 42.8 Å². The predicted octanol–water partition coefficient (Wildman–Crippen LogP) is 4.00. The molecule has 0 spiro atoms. The van der Waals surface area contributed by atoms with Crippen LogP contribution in [0.15, 0.2) is 41.3 Å². The van der Waals surface area contributed by atoms with E-state index in [9.17, 15) is 9.18 Å². The molecule has 0 aliphatic carbocycles. The molecule has 126 valence electrons. The fraction of sp³-hybridized carbons (Fsp3) is 0.235. The molecule has 0 radical (unpaired) electrons. The Balaban J connectivity index is 1.55. The standard InChI is InChI=1S/C17H15ClFNO3S/c1-10(24-12-3-4-14(19)13(18)7-12)17(21)20-8-11-2-5-15-16(6-11)23-9-22-15/h2-7,10H,8-9H2,1H3,(H,20,21)/t10-/m0/s1. The molecule has 0 saturated carbocycles. The number of halogens is 2. The van der Waals surface area contributed by atoms with Crippen LogP contribution >= 0.6 is 23.4 Å². The Morgan fingerprint density at radius 1 is 1.29 bits per heavy atom. The quantitative estimate of drug-likeness (QED) is 0.811. The smallest absolute Gasteiger partial charge is 0.233 e. The highest BCUT2D eigenvalue weighted by atomic mass is 35.5. The van der Waals surface area contributed by atoms with Crippen molar-refractivity contribution in [1.82, 2.24) is 5.32 Å². The van der Waals surface area contributed by atoms with Crippen LogP contribution in [0.25, 0.3) is 0 Å². The molecule has 0 saturated heterocycles. The summed E-state index contributed by atoms with van der Waals surface area (Å²) in [5.41, 5.74) is 0.926. The first-order chi connectivity index (χ1) is 11.5. The van der Waals surface area contributed by atoms with E-state index in [4.69, 9.17) is 21.1 Å². The Morgan fingerprint density at radius 2 is 2.08 bits per heavy atom. The summed E-state index contributed by atoms with van der Waals surface area (Å²) in [7, 11) is 0. The second kappa shape index (κ2) is 7.32. The van der Waals surface area contributed by atoms with E-state index in [1.807, 2.05) is 18.2 Å². The number of carbonyl (C=O) groups excluding carboxylic acids is 1. The summed E-state index contributed by atoms with van der Waals surface area (Å²) in [4.78, 5) is 13.0. The fourth-order valence-corrected chi connectivity index (χ4v) is 3.37. The average Bonchev–Trinajstić information content (AvgIpc) is 3.03. The Hall–Kier alpha value is -1.92. The number of ether oxygens (including phenoxy) is 2. The Morgan fingerprint density at radius 3 is 2.88 bits per heavy atom. The normalized spacial score (nSPS) is 13.6. The molecule has 1 aliphatic heterocycles. The van der Waals surface area contributed by atoms with E-state index >= 15 is 0 Å². The third kappa shape index (κ3) is 3.94. The van der Waals surface area contributed by atoms with Crippen LogP contribution in [0.5, 0.6) is 11.5 Å². The summed E-state index contributed by atoms with van der Waals surface area (Å²) >= 11 is 7.08.